The number of carbonyl (C=O) groups is 1. The maximum atomic E-state index is 13.0. The first-order valence-corrected chi connectivity index (χ1v) is 6.93. The predicted octanol–water partition coefficient (Wildman–Crippen LogP) is 3.85. The monoisotopic (exact) mass is 337 g/mol. The minimum Gasteiger partial charge on any atom is -0.373 e. The van der Waals surface area contributed by atoms with E-state index in [4.69, 9.17) is 0 Å². The van der Waals surface area contributed by atoms with E-state index in [0.717, 1.165) is 0 Å². The van der Waals surface area contributed by atoms with Gasteiger partial charge < -0.3 is 10.6 Å². The number of halogens is 4. The van der Waals surface area contributed by atoms with Crippen molar-refractivity contribution in [2.45, 2.75) is 31.9 Å². The lowest BCUT2D eigenvalue weighted by Gasteiger charge is -2.31. The Bertz CT molecular complexity index is 493. The molecule has 1 heterocycles. The Balaban J connectivity index is 0.00000242. The molecule has 2 rings (SSSR count). The Morgan fingerprint density at radius 1 is 1.27 bits per heavy atom. The normalized spacial score (nSPS) is 21.6. The lowest BCUT2D eigenvalue weighted by molar-refractivity contribution is -0.197. The molecular weight excluding hydrogens is 319 g/mol. The van der Waals surface area contributed by atoms with Crippen molar-refractivity contribution in [3.63, 3.8) is 0 Å². The molecule has 0 bridgehead atoms. The SMILES string of the molecule is CNc1ccc(NC(=O)C2CCCCC2C(F)(F)F)cn1.Cl. The summed E-state index contributed by atoms with van der Waals surface area (Å²) >= 11 is 0. The van der Waals surface area contributed by atoms with Gasteiger partial charge in [-0.3, -0.25) is 4.79 Å². The molecule has 1 aliphatic rings. The molecule has 1 aliphatic carbocycles. The van der Waals surface area contributed by atoms with Crippen LogP contribution in [0.25, 0.3) is 0 Å². The Morgan fingerprint density at radius 2 is 1.95 bits per heavy atom. The first-order valence-electron chi connectivity index (χ1n) is 6.93. The van der Waals surface area contributed by atoms with Crippen LogP contribution in [-0.2, 0) is 4.79 Å². The van der Waals surface area contributed by atoms with Gasteiger partial charge >= 0.3 is 6.18 Å². The molecule has 1 saturated carbocycles. The molecule has 0 aliphatic heterocycles. The van der Waals surface area contributed by atoms with Crippen molar-refractivity contribution >= 4 is 29.8 Å². The largest absolute Gasteiger partial charge is 0.392 e. The molecule has 2 N–H and O–H groups in total. The van der Waals surface area contributed by atoms with E-state index in [-0.39, 0.29) is 25.2 Å². The molecule has 124 valence electrons. The molecule has 1 fully saturated rings. The van der Waals surface area contributed by atoms with Gasteiger partial charge in [-0.2, -0.15) is 13.2 Å². The number of hydrogen-bond donors (Lipinski definition) is 2. The number of anilines is 2. The molecule has 1 aromatic heterocycles. The zero-order valence-corrected chi connectivity index (χ0v) is 12.9. The van der Waals surface area contributed by atoms with Crippen molar-refractivity contribution in [1.82, 2.24) is 4.98 Å². The van der Waals surface area contributed by atoms with Crippen LogP contribution in [0.15, 0.2) is 18.3 Å². The van der Waals surface area contributed by atoms with E-state index in [1.54, 1.807) is 19.2 Å². The Labute approximate surface area is 133 Å². The molecule has 0 spiro atoms. The smallest absolute Gasteiger partial charge is 0.373 e. The van der Waals surface area contributed by atoms with Gasteiger partial charge in [0.05, 0.1) is 17.8 Å². The quantitative estimate of drug-likeness (QED) is 0.880. The summed E-state index contributed by atoms with van der Waals surface area (Å²) in [6.07, 6.45) is -1.42. The van der Waals surface area contributed by atoms with Gasteiger partial charge in [-0.25, -0.2) is 4.98 Å². The number of carbonyl (C=O) groups excluding carboxylic acids is 1. The summed E-state index contributed by atoms with van der Waals surface area (Å²) < 4.78 is 39.0. The number of amides is 1. The second-order valence-electron chi connectivity index (χ2n) is 5.21. The second kappa shape index (κ2) is 7.67. The minimum atomic E-state index is -4.32. The highest BCUT2D eigenvalue weighted by atomic mass is 35.5. The fourth-order valence-electron chi connectivity index (χ4n) is 2.69. The number of pyridine rings is 1. The summed E-state index contributed by atoms with van der Waals surface area (Å²) in [4.78, 5) is 16.1. The zero-order chi connectivity index (χ0) is 15.5. The highest BCUT2D eigenvalue weighted by molar-refractivity contribution is 5.92. The van der Waals surface area contributed by atoms with Gasteiger partial charge in [0.15, 0.2) is 0 Å². The van der Waals surface area contributed by atoms with Crippen molar-refractivity contribution in [2.24, 2.45) is 11.8 Å². The van der Waals surface area contributed by atoms with Gasteiger partial charge in [-0.15, -0.1) is 12.4 Å². The van der Waals surface area contributed by atoms with E-state index in [1.165, 1.54) is 6.20 Å². The number of alkyl halides is 3. The third-order valence-electron chi connectivity index (χ3n) is 3.81. The van der Waals surface area contributed by atoms with Gasteiger partial charge in [-0.05, 0) is 25.0 Å². The standard InChI is InChI=1S/C14H18F3N3O.ClH/c1-18-12-7-6-9(8-19-12)20-13(21)10-4-2-3-5-11(10)14(15,16)17;/h6-8,10-11H,2-5H2,1H3,(H,18,19)(H,20,21);1H. The van der Waals surface area contributed by atoms with Crippen LogP contribution < -0.4 is 10.6 Å². The van der Waals surface area contributed by atoms with E-state index in [2.05, 4.69) is 15.6 Å². The number of hydrogen-bond acceptors (Lipinski definition) is 3. The van der Waals surface area contributed by atoms with Crippen LogP contribution in [0.1, 0.15) is 25.7 Å². The van der Waals surface area contributed by atoms with Crippen LogP contribution in [0.5, 0.6) is 0 Å². The number of nitrogens with zero attached hydrogens (tertiary/aromatic N) is 1. The summed E-state index contributed by atoms with van der Waals surface area (Å²) in [7, 11) is 1.70. The summed E-state index contributed by atoms with van der Waals surface area (Å²) in [6.45, 7) is 0. The molecule has 1 aromatic rings. The highest BCUT2D eigenvalue weighted by Crippen LogP contribution is 2.41. The summed E-state index contributed by atoms with van der Waals surface area (Å²) in [5, 5.41) is 5.36. The van der Waals surface area contributed by atoms with Crippen LogP contribution >= 0.6 is 12.4 Å². The van der Waals surface area contributed by atoms with Crippen molar-refractivity contribution in [3.05, 3.63) is 18.3 Å². The number of rotatable bonds is 3. The summed E-state index contributed by atoms with van der Waals surface area (Å²) in [5.41, 5.74) is 0.408. The van der Waals surface area contributed by atoms with Crippen molar-refractivity contribution < 1.29 is 18.0 Å². The Morgan fingerprint density at radius 3 is 2.50 bits per heavy atom. The fraction of sp³-hybridized carbons (Fsp3) is 0.571. The van der Waals surface area contributed by atoms with Crippen molar-refractivity contribution in [3.8, 4) is 0 Å². The van der Waals surface area contributed by atoms with Crippen molar-refractivity contribution in [1.29, 1.82) is 0 Å². The van der Waals surface area contributed by atoms with Gasteiger partial charge in [0, 0.05) is 13.0 Å². The molecular formula is C14H19ClF3N3O. The van der Waals surface area contributed by atoms with E-state index < -0.39 is 23.9 Å². The number of nitrogens with one attached hydrogen (secondary N) is 2. The lowest BCUT2D eigenvalue weighted by Crippen LogP contribution is -2.39. The second-order valence-corrected chi connectivity index (χ2v) is 5.21. The maximum Gasteiger partial charge on any atom is 0.392 e. The van der Waals surface area contributed by atoms with E-state index in [9.17, 15) is 18.0 Å². The topological polar surface area (TPSA) is 54.0 Å². The molecule has 4 nitrogen and oxygen atoms in total. The van der Waals surface area contributed by atoms with E-state index in [0.29, 0.717) is 24.3 Å². The first kappa shape index (κ1) is 18.5. The van der Waals surface area contributed by atoms with Crippen LogP contribution in [-0.4, -0.2) is 24.1 Å². The van der Waals surface area contributed by atoms with Crippen LogP contribution in [0, 0.1) is 11.8 Å². The zero-order valence-electron chi connectivity index (χ0n) is 12.1. The molecule has 0 radical (unpaired) electrons. The van der Waals surface area contributed by atoms with E-state index in [1.807, 2.05) is 0 Å². The molecule has 22 heavy (non-hydrogen) atoms. The molecule has 2 unspecified atom stereocenters. The Kier molecular flexibility index (Phi) is 6.47. The average Bonchev–Trinajstić information content (AvgIpc) is 2.47. The average molecular weight is 338 g/mol. The maximum absolute atomic E-state index is 13.0. The van der Waals surface area contributed by atoms with Gasteiger partial charge in [-0.1, -0.05) is 12.8 Å². The Hall–Kier alpha value is -1.50. The molecule has 1 amide bonds. The van der Waals surface area contributed by atoms with Crippen LogP contribution in [0.4, 0.5) is 24.7 Å². The predicted molar refractivity (Wildman–Crippen MR) is 81.2 cm³/mol. The highest BCUT2D eigenvalue weighted by Gasteiger charge is 2.48. The van der Waals surface area contributed by atoms with Crippen LogP contribution in [0.2, 0.25) is 0 Å². The molecule has 8 heteroatoms. The van der Waals surface area contributed by atoms with Crippen LogP contribution in [0.3, 0.4) is 0 Å². The van der Waals surface area contributed by atoms with Gasteiger partial charge in [0.2, 0.25) is 5.91 Å². The minimum absolute atomic E-state index is 0. The lowest BCUT2D eigenvalue weighted by atomic mass is 9.78. The molecule has 0 aromatic carbocycles. The van der Waals surface area contributed by atoms with E-state index >= 15 is 0 Å². The van der Waals surface area contributed by atoms with Gasteiger partial charge in [0.25, 0.3) is 0 Å². The first-order chi connectivity index (χ1) is 9.91. The van der Waals surface area contributed by atoms with Crippen molar-refractivity contribution in [2.75, 3.05) is 17.7 Å². The molecule has 2 atom stereocenters. The summed E-state index contributed by atoms with van der Waals surface area (Å²) in [5.74, 6) is -2.51. The van der Waals surface area contributed by atoms with Gasteiger partial charge in [0.1, 0.15) is 5.82 Å². The third kappa shape index (κ3) is 4.50. The third-order valence-corrected chi connectivity index (χ3v) is 3.81. The number of aromatic nitrogens is 1. The summed E-state index contributed by atoms with van der Waals surface area (Å²) in [6, 6.07) is 3.26. The molecule has 0 saturated heterocycles. The fourth-order valence-corrected chi connectivity index (χ4v) is 2.69.